The van der Waals surface area contributed by atoms with E-state index in [0.29, 0.717) is 22.7 Å². The molecular weight excluding hydrogens is 1670 g/mol. The summed E-state index contributed by atoms with van der Waals surface area (Å²) in [5, 5.41) is 0. The lowest BCUT2D eigenvalue weighted by Gasteiger charge is -2.16. The van der Waals surface area contributed by atoms with E-state index in [9.17, 15) is 0 Å². The minimum atomic E-state index is 0. The molecule has 0 saturated heterocycles. The van der Waals surface area contributed by atoms with Gasteiger partial charge in [0.05, 0.1) is 68.3 Å². The number of nitrogens with zero attached hydrogens (tertiary/aromatic N) is 4. The first-order chi connectivity index (χ1) is 54.8. The first-order valence-corrected chi connectivity index (χ1v) is 39.5. The van der Waals surface area contributed by atoms with Gasteiger partial charge >= 0.3 is 0 Å². The van der Waals surface area contributed by atoms with Crippen LogP contribution in [0.5, 0.6) is 0 Å². The molecule has 0 aliphatic heterocycles. The molecule has 8 N–H and O–H groups in total. The lowest BCUT2D eigenvalue weighted by atomic mass is 9.95. The lowest BCUT2D eigenvalue weighted by Crippen LogP contribution is -2.04. The van der Waals surface area contributed by atoms with Crippen LogP contribution in [0.3, 0.4) is 0 Å². The summed E-state index contributed by atoms with van der Waals surface area (Å²) in [5.41, 5.74) is 53.2. The van der Waals surface area contributed by atoms with Crippen molar-refractivity contribution in [3.05, 3.63) is 445 Å². The van der Waals surface area contributed by atoms with Crippen molar-refractivity contribution in [3.8, 4) is 0 Å². The number of anilines is 4. The van der Waals surface area contributed by atoms with E-state index in [1.54, 1.807) is 0 Å². The summed E-state index contributed by atoms with van der Waals surface area (Å²) >= 11 is 14.2. The molecule has 14 aromatic carbocycles. The molecule has 3 aliphatic carbocycles. The number of halogens is 5. The van der Waals surface area contributed by atoms with Gasteiger partial charge < -0.3 is 22.9 Å². The highest BCUT2D eigenvalue weighted by atomic mass is 79.9. The highest BCUT2D eigenvalue weighted by Gasteiger charge is 2.20. The summed E-state index contributed by atoms with van der Waals surface area (Å²) in [6.45, 7) is 0. The smallest absolute Gasteiger partial charge is 0.0900 e. The van der Waals surface area contributed by atoms with Crippen molar-refractivity contribution < 1.29 is 0 Å². The zero-order valence-electron chi connectivity index (χ0n) is 61.0. The third-order valence-electron chi connectivity index (χ3n) is 19.2. The van der Waals surface area contributed by atoms with Crippen LogP contribution in [0.4, 0.5) is 45.5 Å². The third-order valence-corrected chi connectivity index (χ3v) is 22.8. The predicted octanol–water partition coefficient (Wildman–Crippen LogP) is 27.5. The summed E-state index contributed by atoms with van der Waals surface area (Å²) < 4.78 is 4.25. The van der Waals surface area contributed by atoms with Crippen molar-refractivity contribution in [2.45, 2.75) is 0 Å². The molecule has 0 aromatic heterocycles. The molecule has 13 heteroatoms. The highest BCUT2D eigenvalue weighted by molar-refractivity contribution is 9.13. The zero-order chi connectivity index (χ0) is 76.9. The van der Waals surface area contributed by atoms with Crippen LogP contribution in [-0.4, -0.2) is 22.8 Å². The van der Waals surface area contributed by atoms with Crippen LogP contribution in [0.2, 0.25) is 0 Å². The van der Waals surface area contributed by atoms with Crippen molar-refractivity contribution in [1.29, 1.82) is 0 Å². The van der Waals surface area contributed by atoms with Gasteiger partial charge in [0.1, 0.15) is 0 Å². The molecule has 3 aliphatic rings. The Labute approximate surface area is 698 Å². The molecule has 0 saturated carbocycles. The largest absolute Gasteiger partial charge is 0.397 e. The third kappa shape index (κ3) is 18.6. The Bertz CT molecular complexity index is 5120. The maximum Gasteiger partial charge on any atom is 0.0900 e. The van der Waals surface area contributed by atoms with Crippen molar-refractivity contribution in [1.82, 2.24) is 0 Å². The molecule has 0 bridgehead atoms. The average molecular weight is 1740 g/mol. The van der Waals surface area contributed by atoms with E-state index in [4.69, 9.17) is 42.9 Å². The molecule has 0 amide bonds. The Balaban J connectivity index is 0.000000208. The fourth-order valence-electron chi connectivity index (χ4n) is 13.3. The molecule has 548 valence electrons. The molecule has 14 aromatic rings. The van der Waals surface area contributed by atoms with Crippen LogP contribution < -0.4 is 22.9 Å². The topological polar surface area (TPSA) is 154 Å². The molecule has 0 fully saturated rings. The Kier molecular flexibility index (Phi) is 24.8. The number of nitrogen functional groups attached to an aromatic ring is 4. The Morgan fingerprint density at radius 2 is 0.301 bits per heavy atom. The first-order valence-electron chi connectivity index (χ1n) is 36.4. The molecule has 8 nitrogen and oxygen atoms in total. The lowest BCUT2D eigenvalue weighted by molar-refractivity contribution is 1.39. The second-order valence-corrected chi connectivity index (χ2v) is 30.1. The van der Waals surface area contributed by atoms with Gasteiger partial charge in [-0.15, -0.1) is 12.4 Å². The van der Waals surface area contributed by atoms with E-state index in [-0.39, 0.29) is 12.4 Å². The van der Waals surface area contributed by atoms with Crippen LogP contribution in [0, 0.1) is 0 Å². The average Bonchev–Trinajstić information content (AvgIpc) is 0.777. The summed E-state index contributed by atoms with van der Waals surface area (Å²) in [6.07, 6.45) is 25.4. The zero-order valence-corrected chi connectivity index (χ0v) is 68.1. The van der Waals surface area contributed by atoms with E-state index in [1.165, 1.54) is 22.3 Å². The number of fused-ring (bicyclic) bond motifs is 6. The SMILES string of the molecule is Brc1cc2c(cc1Br)/C=C/c1cc(Br)c(Br)cc1/C=C\2.C1=C\c2cc(N=C(c3ccccc3)c3ccccc3)c(N=C(c3ccccc3)c3ccccc3)cc2/C=C/c2cc(N=C(c3ccccc3)c3ccccc3)c(N=C(c3ccccc3)c3ccccc3)cc2/1.Cl.Nc1cc2c(cc1N)/C=C/c1cc(N)c(N)cc1/C=C\2. The standard InChI is InChI=1S/C68H48N4.C16H8Br4.C16H16N4.ClH/c1-9-25-49(26-10-1)65(50-27-11-2-12-28-50)69-61-45-57-41-42-59-47-63(71-67(53-33-17-5-18-34-53)54-35-19-6-20-36-54)64(72-68(55-37-21-7-22-38-55)56-39-23-8-24-40-56)48-60(59)44-43-58(57)46-62(61)70-66(51-29-13-3-14-30-51)52-31-15-4-16-32-52;2*17-13-5-9-1-2-10-6-14(18)16(20)8-12(10)4-3-11(9)7-15(13)19;/h1-48H;1-8H;1-8H,17-20H2;1H/b42-41-,44-43+,57-41?,58-43?,59-42?,60-44?;2*2-1-,4-3+,9-1?,10-2?,11-3?,12-4?;. The monoisotopic (exact) mass is 1740 g/mol. The summed E-state index contributed by atoms with van der Waals surface area (Å²) in [6, 6.07) is 108. The van der Waals surface area contributed by atoms with Gasteiger partial charge in [0.2, 0.25) is 0 Å². The van der Waals surface area contributed by atoms with Crippen LogP contribution in [-0.2, 0) is 0 Å². The number of aliphatic imine (C=N–C) groups is 4. The van der Waals surface area contributed by atoms with E-state index in [1.807, 2.05) is 97.1 Å². The van der Waals surface area contributed by atoms with Crippen molar-refractivity contribution in [2.24, 2.45) is 20.0 Å². The van der Waals surface area contributed by atoms with E-state index >= 15 is 0 Å². The molecule has 0 radical (unpaired) electrons. The maximum absolute atomic E-state index is 5.85. The van der Waals surface area contributed by atoms with Gasteiger partial charge in [-0.3, -0.25) is 0 Å². The number of hydrogen-bond acceptors (Lipinski definition) is 8. The molecule has 17 rings (SSSR count). The number of hydrogen-bond donors (Lipinski definition) is 4. The predicted molar refractivity (Wildman–Crippen MR) is 501 cm³/mol. The van der Waals surface area contributed by atoms with Crippen LogP contribution in [0.1, 0.15) is 111 Å². The normalized spacial score (nSPS) is 13.3. The van der Waals surface area contributed by atoms with Crippen molar-refractivity contribution in [2.75, 3.05) is 22.9 Å². The molecule has 0 spiro atoms. The fourth-order valence-corrected chi connectivity index (χ4v) is 14.8. The molecule has 0 unspecified atom stereocenters. The van der Waals surface area contributed by atoms with E-state index in [2.05, 4.69) is 355 Å². The Morgan fingerprint density at radius 1 is 0.177 bits per heavy atom. The second-order valence-electron chi connectivity index (χ2n) is 26.7. The molecular formula is C100H73Br4ClN8. The first kappa shape index (κ1) is 77.3. The molecule has 0 heterocycles. The summed E-state index contributed by atoms with van der Waals surface area (Å²) in [4.78, 5) is 22.2. The summed E-state index contributed by atoms with van der Waals surface area (Å²) in [7, 11) is 0. The highest BCUT2D eigenvalue weighted by Crippen LogP contribution is 2.42. The Hall–Kier alpha value is -12.4. The van der Waals surface area contributed by atoms with Gasteiger partial charge in [-0.1, -0.05) is 316 Å². The van der Waals surface area contributed by atoms with E-state index in [0.717, 1.165) is 153 Å². The van der Waals surface area contributed by atoms with Gasteiger partial charge in [-0.25, -0.2) is 20.0 Å². The van der Waals surface area contributed by atoms with Crippen molar-refractivity contribution in [3.63, 3.8) is 0 Å². The quantitative estimate of drug-likeness (QED) is 0.0710. The van der Waals surface area contributed by atoms with Crippen LogP contribution >= 0.6 is 76.1 Å². The number of nitrogens with two attached hydrogens (primary N) is 4. The second kappa shape index (κ2) is 36.2. The van der Waals surface area contributed by atoms with E-state index < -0.39 is 0 Å². The molecule has 113 heavy (non-hydrogen) atoms. The van der Waals surface area contributed by atoms with Gasteiger partial charge in [0, 0.05) is 62.4 Å². The van der Waals surface area contributed by atoms with Gasteiger partial charge in [-0.2, -0.15) is 0 Å². The van der Waals surface area contributed by atoms with Gasteiger partial charge in [-0.05, 0) is 203 Å². The fraction of sp³-hybridized carbons (Fsp3) is 0. The minimum absolute atomic E-state index is 0. The van der Waals surface area contributed by atoms with Gasteiger partial charge in [0.15, 0.2) is 0 Å². The van der Waals surface area contributed by atoms with Gasteiger partial charge in [0.25, 0.3) is 0 Å². The summed E-state index contributed by atoms with van der Waals surface area (Å²) in [5.74, 6) is 0. The van der Waals surface area contributed by atoms with Crippen LogP contribution in [0.15, 0.2) is 353 Å². The number of rotatable bonds is 12. The molecule has 0 atom stereocenters. The Morgan fingerprint density at radius 3 is 0.442 bits per heavy atom. The van der Waals surface area contributed by atoms with Crippen LogP contribution in [0.25, 0.3) is 72.9 Å². The minimum Gasteiger partial charge on any atom is -0.397 e. The maximum atomic E-state index is 5.85. The van der Waals surface area contributed by atoms with Crippen molar-refractivity contribution >= 4 is 217 Å². The number of benzene rings is 14.